The molecule has 158 valence electrons. The van der Waals surface area contributed by atoms with Gasteiger partial charge >= 0.3 is 5.97 Å². The Labute approximate surface area is 171 Å². The molecule has 1 aliphatic heterocycles. The van der Waals surface area contributed by atoms with E-state index in [4.69, 9.17) is 4.74 Å². The summed E-state index contributed by atoms with van der Waals surface area (Å²) in [7, 11) is 0. The Morgan fingerprint density at radius 1 is 1.14 bits per heavy atom. The van der Waals surface area contributed by atoms with Crippen LogP contribution in [0, 0.1) is 5.92 Å². The Morgan fingerprint density at radius 3 is 2.24 bits per heavy atom. The molecule has 1 saturated heterocycles. The van der Waals surface area contributed by atoms with E-state index in [2.05, 4.69) is 26.1 Å². The number of likely N-dealkylation sites (tertiary alicyclic amines) is 1. The molecule has 1 aromatic rings. The quantitative estimate of drug-likeness (QED) is 0.738. The normalized spacial score (nSPS) is 15.4. The van der Waals surface area contributed by atoms with E-state index in [0.29, 0.717) is 24.9 Å². The average Bonchev–Trinajstić information content (AvgIpc) is 3.08. The molecule has 1 fully saturated rings. The molecule has 1 heterocycles. The van der Waals surface area contributed by atoms with Crippen LogP contribution in [0.4, 0.5) is 0 Å². The molecule has 7 heteroatoms. The highest BCUT2D eigenvalue weighted by Gasteiger charge is 2.30. The summed E-state index contributed by atoms with van der Waals surface area (Å²) in [6.45, 7) is 9.66. The molecule has 0 aliphatic carbocycles. The van der Waals surface area contributed by atoms with Gasteiger partial charge in [-0.1, -0.05) is 46.8 Å². The second-order valence-corrected chi connectivity index (χ2v) is 8.67. The summed E-state index contributed by atoms with van der Waals surface area (Å²) in [5.41, 5.74) is 1.52. The van der Waals surface area contributed by atoms with Crippen molar-refractivity contribution in [2.45, 2.75) is 58.9 Å². The van der Waals surface area contributed by atoms with Crippen molar-refractivity contribution in [2.24, 2.45) is 5.92 Å². The van der Waals surface area contributed by atoms with Crippen molar-refractivity contribution < 1.29 is 23.9 Å². The van der Waals surface area contributed by atoms with Crippen LogP contribution in [0.3, 0.4) is 0 Å². The molecular formula is C22H30N2O5. The predicted octanol–water partition coefficient (Wildman–Crippen LogP) is 2.43. The summed E-state index contributed by atoms with van der Waals surface area (Å²) in [6, 6.07) is 6.33. The van der Waals surface area contributed by atoms with E-state index in [1.54, 1.807) is 26.0 Å². The molecule has 1 aliphatic rings. The highest BCUT2D eigenvalue weighted by molar-refractivity contribution is 5.99. The maximum absolute atomic E-state index is 12.6. The summed E-state index contributed by atoms with van der Waals surface area (Å²) < 4.78 is 5.09. The van der Waals surface area contributed by atoms with Crippen molar-refractivity contribution in [1.82, 2.24) is 10.2 Å². The number of esters is 1. The Morgan fingerprint density at radius 2 is 1.76 bits per heavy atom. The Kier molecular flexibility index (Phi) is 7.16. The number of nitrogens with zero attached hydrogens (tertiary/aromatic N) is 1. The van der Waals surface area contributed by atoms with Crippen LogP contribution in [0.1, 0.15) is 63.4 Å². The zero-order valence-corrected chi connectivity index (χ0v) is 17.8. The third-order valence-electron chi connectivity index (χ3n) is 4.93. The molecule has 29 heavy (non-hydrogen) atoms. The fraction of sp³-hybridized carbons (Fsp3) is 0.545. The number of benzene rings is 1. The van der Waals surface area contributed by atoms with Crippen LogP contribution < -0.4 is 5.32 Å². The van der Waals surface area contributed by atoms with Gasteiger partial charge in [-0.05, 0) is 35.4 Å². The molecule has 3 amide bonds. The number of hydrogen-bond acceptors (Lipinski definition) is 5. The number of carbonyl (C=O) groups excluding carboxylic acids is 4. The lowest BCUT2D eigenvalue weighted by Gasteiger charge is -2.22. The molecule has 1 N–H and O–H groups in total. The standard InChI is InChI=1S/C22H30N2O5/c1-14(2)19(21(28)29-13-18(26)24-12-6-7-17(24)25)23-20(27)15-8-10-16(11-9-15)22(3,4)5/h8-11,14,19H,6-7,12-13H2,1-5H3,(H,23,27)/t19-/m0/s1. The Balaban J connectivity index is 1.97. The third-order valence-corrected chi connectivity index (χ3v) is 4.93. The smallest absolute Gasteiger partial charge is 0.329 e. The first-order valence-electron chi connectivity index (χ1n) is 9.92. The first kappa shape index (κ1) is 22.6. The largest absolute Gasteiger partial charge is 0.454 e. The van der Waals surface area contributed by atoms with Gasteiger partial charge in [0.2, 0.25) is 5.91 Å². The molecule has 0 unspecified atom stereocenters. The van der Waals surface area contributed by atoms with E-state index >= 15 is 0 Å². The first-order chi connectivity index (χ1) is 13.5. The Hall–Kier alpha value is -2.70. The average molecular weight is 402 g/mol. The number of imide groups is 1. The molecule has 0 spiro atoms. The zero-order valence-electron chi connectivity index (χ0n) is 17.8. The van der Waals surface area contributed by atoms with E-state index in [0.717, 1.165) is 10.5 Å². The van der Waals surface area contributed by atoms with Crippen molar-refractivity contribution in [3.05, 3.63) is 35.4 Å². The summed E-state index contributed by atoms with van der Waals surface area (Å²) in [6.07, 6.45) is 0.954. The van der Waals surface area contributed by atoms with Crippen molar-refractivity contribution in [2.75, 3.05) is 13.2 Å². The molecule has 1 atom stereocenters. The lowest BCUT2D eigenvalue weighted by atomic mass is 9.86. The number of hydrogen-bond donors (Lipinski definition) is 1. The van der Waals surface area contributed by atoms with Gasteiger partial charge in [-0.3, -0.25) is 19.3 Å². The van der Waals surface area contributed by atoms with Gasteiger partial charge < -0.3 is 10.1 Å². The second-order valence-electron chi connectivity index (χ2n) is 8.67. The molecule has 0 aromatic heterocycles. The number of ether oxygens (including phenoxy) is 1. The highest BCUT2D eigenvalue weighted by Crippen LogP contribution is 2.22. The number of nitrogens with one attached hydrogen (secondary N) is 1. The number of carbonyl (C=O) groups is 4. The number of amides is 3. The SMILES string of the molecule is CC(C)[C@H](NC(=O)c1ccc(C(C)(C)C)cc1)C(=O)OCC(=O)N1CCCC1=O. The second kappa shape index (κ2) is 9.20. The molecular weight excluding hydrogens is 372 g/mol. The van der Waals surface area contributed by atoms with E-state index in [1.807, 2.05) is 12.1 Å². The van der Waals surface area contributed by atoms with Gasteiger partial charge in [-0.15, -0.1) is 0 Å². The minimum Gasteiger partial charge on any atom is -0.454 e. The van der Waals surface area contributed by atoms with Gasteiger partial charge in [-0.2, -0.15) is 0 Å². The number of rotatable bonds is 6. The minimum atomic E-state index is -0.896. The van der Waals surface area contributed by atoms with E-state index in [-0.39, 0.29) is 23.1 Å². The van der Waals surface area contributed by atoms with Gasteiger partial charge in [-0.25, -0.2) is 4.79 Å². The maximum atomic E-state index is 12.6. The van der Waals surface area contributed by atoms with Gasteiger partial charge in [0.25, 0.3) is 11.8 Å². The molecule has 2 rings (SSSR count). The van der Waals surface area contributed by atoms with Crippen molar-refractivity contribution >= 4 is 23.7 Å². The molecule has 0 radical (unpaired) electrons. The molecule has 1 aromatic carbocycles. The summed E-state index contributed by atoms with van der Waals surface area (Å²) in [4.78, 5) is 49.8. The van der Waals surface area contributed by atoms with Gasteiger partial charge in [0.15, 0.2) is 6.61 Å². The van der Waals surface area contributed by atoms with E-state index in [9.17, 15) is 19.2 Å². The van der Waals surface area contributed by atoms with Gasteiger partial charge in [0, 0.05) is 18.5 Å². The summed E-state index contributed by atoms with van der Waals surface area (Å²) >= 11 is 0. The van der Waals surface area contributed by atoms with E-state index in [1.165, 1.54) is 0 Å². The summed E-state index contributed by atoms with van der Waals surface area (Å²) in [5, 5.41) is 2.69. The van der Waals surface area contributed by atoms with E-state index < -0.39 is 24.5 Å². The third kappa shape index (κ3) is 5.89. The Bertz CT molecular complexity index is 777. The topological polar surface area (TPSA) is 92.8 Å². The maximum Gasteiger partial charge on any atom is 0.329 e. The highest BCUT2D eigenvalue weighted by atomic mass is 16.5. The first-order valence-corrected chi connectivity index (χ1v) is 9.92. The van der Waals surface area contributed by atoms with Crippen molar-refractivity contribution in [1.29, 1.82) is 0 Å². The van der Waals surface area contributed by atoms with Crippen LogP contribution in [-0.4, -0.2) is 47.8 Å². The van der Waals surface area contributed by atoms with Crippen LogP contribution in [0.15, 0.2) is 24.3 Å². The van der Waals surface area contributed by atoms with Crippen LogP contribution in [-0.2, 0) is 24.5 Å². The lowest BCUT2D eigenvalue weighted by Crippen LogP contribution is -2.46. The lowest BCUT2D eigenvalue weighted by molar-refractivity contribution is -0.156. The fourth-order valence-electron chi connectivity index (χ4n) is 3.06. The van der Waals surface area contributed by atoms with Gasteiger partial charge in [0.05, 0.1) is 0 Å². The monoisotopic (exact) mass is 402 g/mol. The molecule has 0 bridgehead atoms. The zero-order chi connectivity index (χ0) is 21.8. The molecule has 0 saturated carbocycles. The van der Waals surface area contributed by atoms with Crippen molar-refractivity contribution in [3.8, 4) is 0 Å². The van der Waals surface area contributed by atoms with Crippen LogP contribution in [0.5, 0.6) is 0 Å². The summed E-state index contributed by atoms with van der Waals surface area (Å²) in [5.74, 6) is -2.10. The van der Waals surface area contributed by atoms with Crippen molar-refractivity contribution in [3.63, 3.8) is 0 Å². The van der Waals surface area contributed by atoms with Crippen LogP contribution >= 0.6 is 0 Å². The fourth-order valence-corrected chi connectivity index (χ4v) is 3.06. The predicted molar refractivity (Wildman–Crippen MR) is 108 cm³/mol. The van der Waals surface area contributed by atoms with Crippen LogP contribution in [0.2, 0.25) is 0 Å². The minimum absolute atomic E-state index is 0.0253. The molecule has 7 nitrogen and oxygen atoms in total. The van der Waals surface area contributed by atoms with Gasteiger partial charge in [0.1, 0.15) is 6.04 Å². The van der Waals surface area contributed by atoms with Crippen LogP contribution in [0.25, 0.3) is 0 Å².